The second-order valence-electron chi connectivity index (χ2n) is 10.0. The van der Waals surface area contributed by atoms with Gasteiger partial charge in [0.2, 0.25) is 5.91 Å². The van der Waals surface area contributed by atoms with Crippen molar-refractivity contribution in [3.05, 3.63) is 107 Å². The number of carbonyl (C=O) groups excluding carboxylic acids is 2. The van der Waals surface area contributed by atoms with Crippen molar-refractivity contribution in [3.8, 4) is 22.7 Å². The van der Waals surface area contributed by atoms with Crippen molar-refractivity contribution in [2.24, 2.45) is 0 Å². The van der Waals surface area contributed by atoms with Crippen LogP contribution < -0.4 is 4.74 Å². The molecule has 1 aliphatic rings. The van der Waals surface area contributed by atoms with Gasteiger partial charge in [0.05, 0.1) is 35.0 Å². The number of hydrogen-bond acceptors (Lipinski definition) is 3. The number of nitrogens with zero attached hydrogens (tertiary/aromatic N) is 3. The van der Waals surface area contributed by atoms with E-state index in [1.54, 1.807) is 7.11 Å². The lowest BCUT2D eigenvalue weighted by Crippen LogP contribution is -2.51. The molecule has 2 amide bonds. The summed E-state index contributed by atoms with van der Waals surface area (Å²) in [5.74, 6) is 0.684. The topological polar surface area (TPSA) is 54.8 Å². The molecule has 1 fully saturated rings. The summed E-state index contributed by atoms with van der Waals surface area (Å²) in [5, 5.41) is 0.603. The lowest BCUT2D eigenvalue weighted by molar-refractivity contribution is -0.134. The van der Waals surface area contributed by atoms with E-state index in [0.717, 1.165) is 40.4 Å². The first-order valence-corrected chi connectivity index (χ1v) is 14.0. The minimum absolute atomic E-state index is 0.0414. The Hall–Kier alpha value is -4.03. The highest BCUT2D eigenvalue weighted by Gasteiger charge is 2.31. The third-order valence-corrected chi connectivity index (χ3v) is 8.06. The van der Waals surface area contributed by atoms with Gasteiger partial charge < -0.3 is 19.1 Å². The maximum absolute atomic E-state index is 13.9. The molecule has 1 saturated heterocycles. The number of hydrogen-bond donors (Lipinski definition) is 0. The zero-order chi connectivity index (χ0) is 28.2. The zero-order valence-electron chi connectivity index (χ0n) is 23.1. The number of methoxy groups -OCH3 is 1. The molecule has 4 aromatic rings. The summed E-state index contributed by atoms with van der Waals surface area (Å²) in [6, 6.07) is 27.3. The first-order valence-electron chi connectivity index (χ1n) is 13.7. The van der Waals surface area contributed by atoms with Crippen molar-refractivity contribution in [3.63, 3.8) is 0 Å². The quantitative estimate of drug-likeness (QED) is 0.258. The van der Waals surface area contributed by atoms with Crippen molar-refractivity contribution in [1.82, 2.24) is 14.4 Å². The van der Waals surface area contributed by atoms with Gasteiger partial charge in [0.15, 0.2) is 0 Å². The smallest absolute Gasteiger partial charge is 0.255 e. The summed E-state index contributed by atoms with van der Waals surface area (Å²) in [6.45, 7) is 6.01. The monoisotopic (exact) mass is 555 g/mol. The van der Waals surface area contributed by atoms with Crippen molar-refractivity contribution < 1.29 is 14.3 Å². The van der Waals surface area contributed by atoms with E-state index in [9.17, 15) is 9.59 Å². The van der Waals surface area contributed by atoms with Gasteiger partial charge >= 0.3 is 0 Å². The van der Waals surface area contributed by atoms with Gasteiger partial charge in [-0.25, -0.2) is 0 Å². The number of carbonyl (C=O) groups is 2. The van der Waals surface area contributed by atoms with Gasteiger partial charge in [0.25, 0.3) is 5.91 Å². The van der Waals surface area contributed by atoms with E-state index in [0.29, 0.717) is 36.8 Å². The van der Waals surface area contributed by atoms with Crippen LogP contribution in [-0.4, -0.2) is 59.5 Å². The van der Waals surface area contributed by atoms with Gasteiger partial charge in [0, 0.05) is 31.9 Å². The van der Waals surface area contributed by atoms with Crippen LogP contribution in [-0.2, 0) is 4.79 Å². The fourth-order valence-corrected chi connectivity index (χ4v) is 5.72. The lowest BCUT2D eigenvalue weighted by Gasteiger charge is -2.36. The Bertz CT molecular complexity index is 1490. The maximum Gasteiger partial charge on any atom is 0.255 e. The Balaban J connectivity index is 1.40. The molecule has 3 aromatic carbocycles. The van der Waals surface area contributed by atoms with Crippen LogP contribution in [0.2, 0.25) is 5.02 Å². The predicted molar refractivity (Wildman–Crippen MR) is 159 cm³/mol. The number of ether oxygens (including phenoxy) is 1. The maximum atomic E-state index is 13.9. The molecule has 0 radical (unpaired) electrons. The third kappa shape index (κ3) is 5.36. The second-order valence-corrected chi connectivity index (χ2v) is 10.4. The Morgan fingerprint density at radius 1 is 0.875 bits per heavy atom. The standard InChI is InChI=1S/C33H34ClN3O3/c1-4-27(24-10-6-5-7-11-24)32(38)35-18-20-36(21-19-35)33(39)28-22-31(25-14-16-26(40-3)17-15-25)37(23(28)2)30-13-9-8-12-29(30)34/h5-17,22,27H,4,18-21H2,1-3H3. The summed E-state index contributed by atoms with van der Waals surface area (Å²) in [6.07, 6.45) is 0.741. The molecule has 206 valence electrons. The number of piperazine rings is 1. The average molecular weight is 556 g/mol. The molecule has 2 heterocycles. The molecular formula is C33H34ClN3O3. The van der Waals surface area contributed by atoms with Crippen LogP contribution in [0.4, 0.5) is 0 Å². The van der Waals surface area contributed by atoms with Crippen molar-refractivity contribution in [1.29, 1.82) is 0 Å². The molecule has 1 aromatic heterocycles. The largest absolute Gasteiger partial charge is 0.497 e. The minimum Gasteiger partial charge on any atom is -0.497 e. The Morgan fingerprint density at radius 3 is 2.12 bits per heavy atom. The number of amides is 2. The fourth-order valence-electron chi connectivity index (χ4n) is 5.50. The summed E-state index contributed by atoms with van der Waals surface area (Å²) < 4.78 is 7.39. The Labute approximate surface area is 240 Å². The van der Waals surface area contributed by atoms with E-state index in [1.165, 1.54) is 0 Å². The van der Waals surface area contributed by atoms with Gasteiger partial charge in [-0.2, -0.15) is 0 Å². The number of para-hydroxylation sites is 1. The minimum atomic E-state index is -0.164. The average Bonchev–Trinajstić information content (AvgIpc) is 3.34. The van der Waals surface area contributed by atoms with Crippen LogP contribution >= 0.6 is 11.6 Å². The Morgan fingerprint density at radius 2 is 1.50 bits per heavy atom. The van der Waals surface area contributed by atoms with E-state index in [2.05, 4.69) is 0 Å². The molecule has 0 saturated carbocycles. The third-order valence-electron chi connectivity index (χ3n) is 7.74. The van der Waals surface area contributed by atoms with Gasteiger partial charge in [0.1, 0.15) is 5.75 Å². The van der Waals surface area contributed by atoms with E-state index >= 15 is 0 Å². The molecule has 5 rings (SSSR count). The molecule has 0 aliphatic carbocycles. The first-order chi connectivity index (χ1) is 19.4. The molecule has 7 heteroatoms. The van der Waals surface area contributed by atoms with Gasteiger partial charge in [-0.3, -0.25) is 9.59 Å². The molecule has 1 atom stereocenters. The SMILES string of the molecule is CCC(C(=O)N1CCN(C(=O)c2cc(-c3ccc(OC)cc3)n(-c3ccccc3Cl)c2C)CC1)c1ccccc1. The zero-order valence-corrected chi connectivity index (χ0v) is 23.9. The second kappa shape index (κ2) is 12.0. The van der Waals surface area contributed by atoms with Crippen molar-refractivity contribution >= 4 is 23.4 Å². The van der Waals surface area contributed by atoms with Crippen LogP contribution in [0, 0.1) is 6.92 Å². The highest BCUT2D eigenvalue weighted by atomic mass is 35.5. The number of rotatable bonds is 7. The normalized spacial score (nSPS) is 14.2. The highest BCUT2D eigenvalue weighted by Crippen LogP contribution is 2.34. The van der Waals surface area contributed by atoms with Crippen molar-refractivity contribution in [2.45, 2.75) is 26.2 Å². The Kier molecular flexibility index (Phi) is 8.27. The van der Waals surface area contributed by atoms with Gasteiger partial charge in [-0.1, -0.05) is 61.0 Å². The van der Waals surface area contributed by atoms with Crippen LogP contribution in [0.25, 0.3) is 16.9 Å². The number of halogens is 1. The molecule has 1 aliphatic heterocycles. The van der Waals surface area contributed by atoms with E-state index < -0.39 is 0 Å². The molecule has 0 spiro atoms. The number of aromatic nitrogens is 1. The van der Waals surface area contributed by atoms with Crippen LogP contribution in [0.1, 0.15) is 40.9 Å². The summed E-state index contributed by atoms with van der Waals surface area (Å²) in [5.41, 5.74) is 5.12. The molecule has 40 heavy (non-hydrogen) atoms. The van der Waals surface area contributed by atoms with Crippen molar-refractivity contribution in [2.75, 3.05) is 33.3 Å². The fraction of sp³-hybridized carbons (Fsp3) is 0.273. The molecule has 0 bridgehead atoms. The molecule has 0 N–H and O–H groups in total. The van der Waals surface area contributed by atoms with Crippen LogP contribution in [0.5, 0.6) is 5.75 Å². The summed E-state index contributed by atoms with van der Waals surface area (Å²) in [7, 11) is 1.64. The van der Waals surface area contributed by atoms with Gasteiger partial charge in [-0.05, 0) is 66.9 Å². The van der Waals surface area contributed by atoms with Gasteiger partial charge in [-0.15, -0.1) is 0 Å². The summed E-state index contributed by atoms with van der Waals surface area (Å²) >= 11 is 6.63. The lowest BCUT2D eigenvalue weighted by atomic mass is 9.95. The predicted octanol–water partition coefficient (Wildman–Crippen LogP) is 6.59. The van der Waals surface area contributed by atoms with Crippen LogP contribution in [0.15, 0.2) is 84.9 Å². The van der Waals surface area contributed by atoms with Crippen LogP contribution in [0.3, 0.4) is 0 Å². The molecule has 1 unspecified atom stereocenters. The van der Waals surface area contributed by atoms with E-state index in [4.69, 9.17) is 16.3 Å². The van der Waals surface area contributed by atoms with E-state index in [-0.39, 0.29) is 17.7 Å². The highest BCUT2D eigenvalue weighted by molar-refractivity contribution is 6.32. The summed E-state index contributed by atoms with van der Waals surface area (Å²) in [4.78, 5) is 31.0. The molecule has 6 nitrogen and oxygen atoms in total. The number of benzene rings is 3. The first kappa shape index (κ1) is 27.5. The van der Waals surface area contributed by atoms with E-state index in [1.807, 2.05) is 113 Å². The molecular weight excluding hydrogens is 522 g/mol.